The highest BCUT2D eigenvalue weighted by Crippen LogP contribution is 2.27. The number of methoxy groups -OCH3 is 1. The smallest absolute Gasteiger partial charge is 0.467 e. The summed E-state index contributed by atoms with van der Waals surface area (Å²) in [6, 6.07) is 13.7. The number of halogens is 4. The Morgan fingerprint density at radius 1 is 0.970 bits per heavy atom. The Morgan fingerprint density at radius 2 is 1.67 bits per heavy atom. The van der Waals surface area contributed by atoms with Gasteiger partial charge in [-0.1, -0.05) is 17.7 Å². The van der Waals surface area contributed by atoms with Crippen LogP contribution in [0.1, 0.15) is 0 Å². The summed E-state index contributed by atoms with van der Waals surface area (Å²) in [6.07, 6.45) is 0. The van der Waals surface area contributed by atoms with E-state index in [1.165, 1.54) is 31.4 Å². The van der Waals surface area contributed by atoms with E-state index in [0.29, 0.717) is 29.7 Å². The molecule has 2 aromatic carbocycles. The Bertz CT molecular complexity index is 1090. The van der Waals surface area contributed by atoms with Crippen LogP contribution in [0.15, 0.2) is 48.5 Å². The lowest BCUT2D eigenvalue weighted by Gasteiger charge is -2.36. The summed E-state index contributed by atoms with van der Waals surface area (Å²) < 4.78 is 35.1. The first-order valence-electron chi connectivity index (χ1n) is 9.97. The van der Waals surface area contributed by atoms with Gasteiger partial charge in [-0.2, -0.15) is 15.0 Å². The highest BCUT2D eigenvalue weighted by molar-refractivity contribution is 6.30. The Hall–Kier alpha value is -3.11. The SMILES string of the molecule is COc1nc(Nc2ccc(OC(F)(F)Cl)cc2)nc(N2CCN(c3cccc(Cl)c3)CC2)n1. The largest absolute Gasteiger partial charge is 0.487 e. The van der Waals surface area contributed by atoms with E-state index in [-0.39, 0.29) is 17.7 Å². The molecule has 1 aliphatic rings. The van der Waals surface area contributed by atoms with Gasteiger partial charge in [-0.15, -0.1) is 8.78 Å². The number of nitrogens with zero attached hydrogens (tertiary/aromatic N) is 5. The van der Waals surface area contributed by atoms with Crippen LogP contribution in [0, 0.1) is 0 Å². The number of ether oxygens (including phenoxy) is 2. The Morgan fingerprint density at radius 3 is 2.30 bits per heavy atom. The number of alkyl halides is 3. The highest BCUT2D eigenvalue weighted by Gasteiger charge is 2.27. The van der Waals surface area contributed by atoms with Gasteiger partial charge in [0.15, 0.2) is 0 Å². The number of piperazine rings is 1. The summed E-state index contributed by atoms with van der Waals surface area (Å²) in [7, 11) is 1.47. The molecule has 8 nitrogen and oxygen atoms in total. The topological polar surface area (TPSA) is 75.6 Å². The zero-order valence-corrected chi connectivity index (χ0v) is 19.0. The van der Waals surface area contributed by atoms with Gasteiger partial charge in [0.25, 0.3) is 0 Å². The third-order valence-electron chi connectivity index (χ3n) is 4.87. The van der Waals surface area contributed by atoms with Crippen molar-refractivity contribution in [1.82, 2.24) is 15.0 Å². The van der Waals surface area contributed by atoms with E-state index in [2.05, 4.69) is 29.9 Å². The molecule has 12 heteroatoms. The predicted octanol–water partition coefficient (Wildman–Crippen LogP) is 4.77. The van der Waals surface area contributed by atoms with Gasteiger partial charge < -0.3 is 24.6 Å². The zero-order chi connectivity index (χ0) is 23.4. The molecule has 1 N–H and O–H groups in total. The maximum absolute atomic E-state index is 12.8. The summed E-state index contributed by atoms with van der Waals surface area (Å²) in [5.74, 6) is 0.648. The molecule has 1 aromatic heterocycles. The van der Waals surface area contributed by atoms with Gasteiger partial charge in [-0.3, -0.25) is 0 Å². The van der Waals surface area contributed by atoms with Gasteiger partial charge in [0, 0.05) is 54.2 Å². The number of rotatable bonds is 7. The Kier molecular flexibility index (Phi) is 6.85. The van der Waals surface area contributed by atoms with Crippen LogP contribution < -0.4 is 24.6 Å². The van der Waals surface area contributed by atoms with Crippen LogP contribution in [0.2, 0.25) is 5.02 Å². The van der Waals surface area contributed by atoms with Crippen LogP contribution in [0.25, 0.3) is 0 Å². The average molecular weight is 497 g/mol. The molecule has 0 radical (unpaired) electrons. The van der Waals surface area contributed by atoms with Crippen molar-refractivity contribution in [1.29, 1.82) is 0 Å². The molecule has 0 saturated carbocycles. The molecule has 2 heterocycles. The maximum atomic E-state index is 12.8. The van der Waals surface area contributed by atoms with E-state index in [1.807, 2.05) is 29.2 Å². The molecule has 1 aliphatic heterocycles. The summed E-state index contributed by atoms with van der Waals surface area (Å²) in [4.78, 5) is 17.4. The van der Waals surface area contributed by atoms with Gasteiger partial charge in [0.2, 0.25) is 11.9 Å². The molecule has 174 valence electrons. The van der Waals surface area contributed by atoms with E-state index >= 15 is 0 Å². The molecule has 0 spiro atoms. The summed E-state index contributed by atoms with van der Waals surface area (Å²) in [5.41, 5.74) is -2.15. The van der Waals surface area contributed by atoms with Gasteiger partial charge in [0.05, 0.1) is 7.11 Å². The third-order valence-corrected chi connectivity index (χ3v) is 5.18. The number of anilines is 4. The molecule has 0 bridgehead atoms. The van der Waals surface area contributed by atoms with Gasteiger partial charge in [-0.25, -0.2) is 0 Å². The first-order valence-corrected chi connectivity index (χ1v) is 10.7. The van der Waals surface area contributed by atoms with Crippen molar-refractivity contribution >= 4 is 46.5 Å². The number of hydrogen-bond donors (Lipinski definition) is 1. The number of hydrogen-bond acceptors (Lipinski definition) is 8. The van der Waals surface area contributed by atoms with Crippen LogP contribution in [-0.2, 0) is 0 Å². The van der Waals surface area contributed by atoms with Gasteiger partial charge in [0.1, 0.15) is 5.75 Å². The minimum Gasteiger partial charge on any atom is -0.467 e. The van der Waals surface area contributed by atoms with E-state index in [4.69, 9.17) is 27.9 Å². The normalized spacial score (nSPS) is 14.2. The average Bonchev–Trinajstić information content (AvgIpc) is 2.79. The third kappa shape index (κ3) is 6.23. The van der Waals surface area contributed by atoms with Crippen molar-refractivity contribution in [3.8, 4) is 11.8 Å². The van der Waals surface area contributed by atoms with E-state index < -0.39 is 5.57 Å². The van der Waals surface area contributed by atoms with E-state index in [9.17, 15) is 8.78 Å². The van der Waals surface area contributed by atoms with Crippen molar-refractivity contribution < 1.29 is 18.3 Å². The van der Waals surface area contributed by atoms with Crippen molar-refractivity contribution in [3.05, 3.63) is 53.6 Å². The minimum absolute atomic E-state index is 0.0768. The van der Waals surface area contributed by atoms with Gasteiger partial charge in [-0.05, 0) is 42.5 Å². The van der Waals surface area contributed by atoms with Crippen LogP contribution in [0.4, 0.5) is 32.1 Å². The number of benzene rings is 2. The molecule has 33 heavy (non-hydrogen) atoms. The molecule has 0 atom stereocenters. The molecular weight excluding hydrogens is 477 g/mol. The second kappa shape index (κ2) is 9.80. The number of nitrogens with one attached hydrogen (secondary N) is 1. The molecule has 0 aliphatic carbocycles. The molecule has 4 rings (SSSR count). The van der Waals surface area contributed by atoms with Crippen LogP contribution >= 0.6 is 23.2 Å². The van der Waals surface area contributed by atoms with Crippen molar-refractivity contribution in [2.24, 2.45) is 0 Å². The lowest BCUT2D eigenvalue weighted by Crippen LogP contribution is -2.47. The van der Waals surface area contributed by atoms with Crippen LogP contribution in [-0.4, -0.2) is 53.8 Å². The Labute approximate surface area is 199 Å². The second-order valence-electron chi connectivity index (χ2n) is 7.10. The maximum Gasteiger partial charge on any atom is 0.487 e. The fourth-order valence-corrected chi connectivity index (χ4v) is 3.61. The molecule has 0 unspecified atom stereocenters. The fraction of sp³-hybridized carbons (Fsp3) is 0.286. The summed E-state index contributed by atoms with van der Waals surface area (Å²) in [5, 5.41) is 3.72. The Balaban J connectivity index is 1.45. The molecule has 3 aromatic rings. The lowest BCUT2D eigenvalue weighted by molar-refractivity contribution is -0.0964. The highest BCUT2D eigenvalue weighted by atomic mass is 35.5. The number of aromatic nitrogens is 3. The lowest BCUT2D eigenvalue weighted by atomic mass is 10.2. The molecule has 0 amide bonds. The van der Waals surface area contributed by atoms with Crippen LogP contribution in [0.5, 0.6) is 11.8 Å². The van der Waals surface area contributed by atoms with E-state index in [0.717, 1.165) is 18.8 Å². The minimum atomic E-state index is -3.78. The molecule has 1 saturated heterocycles. The van der Waals surface area contributed by atoms with Crippen molar-refractivity contribution in [3.63, 3.8) is 0 Å². The predicted molar refractivity (Wildman–Crippen MR) is 123 cm³/mol. The zero-order valence-electron chi connectivity index (χ0n) is 17.5. The van der Waals surface area contributed by atoms with Crippen molar-refractivity contribution in [2.45, 2.75) is 5.57 Å². The monoisotopic (exact) mass is 496 g/mol. The first-order chi connectivity index (χ1) is 15.8. The van der Waals surface area contributed by atoms with Gasteiger partial charge >= 0.3 is 11.6 Å². The molecule has 1 fully saturated rings. The molecular formula is C21H20Cl2F2N6O2. The van der Waals surface area contributed by atoms with E-state index in [1.54, 1.807) is 0 Å². The quantitative estimate of drug-likeness (QED) is 0.468. The first kappa shape index (κ1) is 23.1. The van der Waals surface area contributed by atoms with Crippen molar-refractivity contribution in [2.75, 3.05) is 48.4 Å². The standard InChI is InChI=1S/C21H20Cl2F2N6O2/c1-32-20-28-18(26-15-5-7-17(8-6-15)33-21(23,24)25)27-19(29-20)31-11-9-30(10-12-31)16-4-2-3-14(22)13-16/h2-8,13H,9-12H2,1H3,(H,26,27,28,29). The second-order valence-corrected chi connectivity index (χ2v) is 7.97. The fourth-order valence-electron chi connectivity index (χ4n) is 3.34. The van der Waals surface area contributed by atoms with Crippen LogP contribution in [0.3, 0.4) is 0 Å². The summed E-state index contributed by atoms with van der Waals surface area (Å²) in [6.45, 7) is 2.92. The summed E-state index contributed by atoms with van der Waals surface area (Å²) >= 11 is 10.9.